The van der Waals surface area contributed by atoms with Crippen molar-refractivity contribution in [2.75, 3.05) is 7.11 Å². The average Bonchev–Trinajstić information content (AvgIpc) is 3.01. The fourth-order valence-corrected chi connectivity index (χ4v) is 2.77. The molecule has 1 aromatic rings. The predicted octanol–water partition coefficient (Wildman–Crippen LogP) is 2.94. The van der Waals surface area contributed by atoms with Gasteiger partial charge in [-0.15, -0.1) is 0 Å². The van der Waals surface area contributed by atoms with Crippen LogP contribution in [0.15, 0.2) is 36.6 Å². The number of nitrogens with one attached hydrogen (secondary N) is 1. The van der Waals surface area contributed by atoms with Gasteiger partial charge in [0.25, 0.3) is 0 Å². The van der Waals surface area contributed by atoms with Crippen LogP contribution in [0.3, 0.4) is 0 Å². The summed E-state index contributed by atoms with van der Waals surface area (Å²) in [6.45, 7) is 5.84. The zero-order valence-corrected chi connectivity index (χ0v) is 12.4. The fourth-order valence-electron chi connectivity index (χ4n) is 2.77. The first-order valence-electron chi connectivity index (χ1n) is 7.45. The van der Waals surface area contributed by atoms with E-state index in [0.29, 0.717) is 6.10 Å². The molecule has 0 saturated heterocycles. The van der Waals surface area contributed by atoms with Crippen LogP contribution in [0, 0.1) is 0 Å². The molecule has 1 heterocycles. The van der Waals surface area contributed by atoms with Crippen molar-refractivity contribution in [3.63, 3.8) is 0 Å². The van der Waals surface area contributed by atoms with E-state index < -0.39 is 0 Å². The quantitative estimate of drug-likeness (QED) is 0.861. The van der Waals surface area contributed by atoms with Gasteiger partial charge in [-0.2, -0.15) is 0 Å². The van der Waals surface area contributed by atoms with Gasteiger partial charge in [0.2, 0.25) is 0 Å². The van der Waals surface area contributed by atoms with Crippen molar-refractivity contribution in [3.05, 3.63) is 42.1 Å². The summed E-state index contributed by atoms with van der Waals surface area (Å²) in [7, 11) is 1.68. The van der Waals surface area contributed by atoms with E-state index in [0.717, 1.165) is 41.1 Å². The van der Waals surface area contributed by atoms with Crippen LogP contribution in [0.25, 0.3) is 5.57 Å². The SMILES string of the molecule is C=C1B=CC(c2ccc(OC)c(OC3CCCC3)c2)=CN1. The number of hydrogen-bond donors (Lipinski definition) is 1. The van der Waals surface area contributed by atoms with Crippen molar-refractivity contribution in [1.82, 2.24) is 5.32 Å². The molecule has 21 heavy (non-hydrogen) atoms. The van der Waals surface area contributed by atoms with E-state index in [9.17, 15) is 0 Å². The fraction of sp³-hybridized carbons (Fsp3) is 0.353. The van der Waals surface area contributed by atoms with Crippen LogP contribution in [0.5, 0.6) is 11.5 Å². The van der Waals surface area contributed by atoms with Gasteiger partial charge in [-0.3, -0.25) is 0 Å². The standard InChI is InChI=1S/C17H20BNO2/c1-12-18-10-14(11-19-12)13-7-8-16(20-2)17(9-13)21-15-5-3-4-6-15/h7-11,15,19H,1,3-6H2,2H3. The Morgan fingerprint density at radius 2 is 2.05 bits per heavy atom. The summed E-state index contributed by atoms with van der Waals surface area (Å²) in [5.74, 6) is 3.68. The van der Waals surface area contributed by atoms with Crippen LogP contribution in [0.2, 0.25) is 0 Å². The Morgan fingerprint density at radius 3 is 2.71 bits per heavy atom. The topological polar surface area (TPSA) is 30.5 Å². The van der Waals surface area contributed by atoms with Gasteiger partial charge in [-0.05, 0) is 0 Å². The van der Waals surface area contributed by atoms with Gasteiger partial charge in [0, 0.05) is 0 Å². The van der Waals surface area contributed by atoms with Crippen LogP contribution < -0.4 is 14.8 Å². The van der Waals surface area contributed by atoms with E-state index in [2.05, 4.69) is 23.9 Å². The van der Waals surface area contributed by atoms with Crippen molar-refractivity contribution < 1.29 is 9.47 Å². The molecule has 1 aliphatic heterocycles. The number of hydrogen-bond acceptors (Lipinski definition) is 3. The Hall–Kier alpha value is -1.97. The zero-order valence-electron chi connectivity index (χ0n) is 12.4. The number of rotatable bonds is 4. The van der Waals surface area contributed by atoms with E-state index in [1.807, 2.05) is 25.3 Å². The molecule has 0 amide bonds. The van der Waals surface area contributed by atoms with Gasteiger partial charge in [0.1, 0.15) is 0 Å². The maximum absolute atomic E-state index is 6.14. The van der Waals surface area contributed by atoms with Crippen LogP contribution in [-0.2, 0) is 0 Å². The molecule has 2 aliphatic rings. The van der Waals surface area contributed by atoms with Crippen molar-refractivity contribution >= 4 is 18.5 Å². The van der Waals surface area contributed by atoms with Crippen LogP contribution in [0.1, 0.15) is 31.2 Å². The molecule has 4 heteroatoms. The Labute approximate surface area is 126 Å². The Kier molecular flexibility index (Phi) is 4.14. The summed E-state index contributed by atoms with van der Waals surface area (Å²) in [5, 5.41) is 3.14. The van der Waals surface area contributed by atoms with Gasteiger partial charge < -0.3 is 0 Å². The number of ether oxygens (including phenoxy) is 2. The Morgan fingerprint density at radius 1 is 1.24 bits per heavy atom. The van der Waals surface area contributed by atoms with Crippen molar-refractivity contribution in [3.8, 4) is 11.5 Å². The molecular formula is C17H20BNO2. The molecule has 0 spiro atoms. The summed E-state index contributed by atoms with van der Waals surface area (Å²) < 4.78 is 11.6. The Bertz CT molecular complexity index is 601. The van der Waals surface area contributed by atoms with E-state index in [4.69, 9.17) is 9.47 Å². The van der Waals surface area contributed by atoms with Gasteiger partial charge in [0.15, 0.2) is 0 Å². The van der Waals surface area contributed by atoms with E-state index >= 15 is 0 Å². The summed E-state index contributed by atoms with van der Waals surface area (Å²) >= 11 is 0. The molecular weight excluding hydrogens is 261 g/mol. The number of methoxy groups -OCH3 is 1. The molecule has 0 aromatic heterocycles. The molecule has 0 atom stereocenters. The van der Waals surface area contributed by atoms with E-state index in [-0.39, 0.29) is 0 Å². The van der Waals surface area contributed by atoms with Crippen molar-refractivity contribution in [2.24, 2.45) is 0 Å². The third kappa shape index (κ3) is 3.21. The van der Waals surface area contributed by atoms with Crippen LogP contribution in [-0.4, -0.2) is 26.1 Å². The number of allylic oxidation sites excluding steroid dienone is 1. The summed E-state index contributed by atoms with van der Waals surface area (Å²) in [6.07, 6.45) is 7.07. The molecule has 0 radical (unpaired) electrons. The number of benzene rings is 1. The second kappa shape index (κ2) is 6.21. The molecule has 3 rings (SSSR count). The molecule has 1 saturated carbocycles. The molecule has 1 aromatic carbocycles. The molecule has 108 valence electrons. The normalized spacial score (nSPS) is 18.0. The maximum atomic E-state index is 6.14. The average molecular weight is 281 g/mol. The molecule has 0 unspecified atom stereocenters. The molecule has 0 bridgehead atoms. The van der Waals surface area contributed by atoms with Crippen LogP contribution in [0.4, 0.5) is 0 Å². The molecule has 1 aliphatic carbocycles. The molecule has 3 nitrogen and oxygen atoms in total. The third-order valence-corrected chi connectivity index (χ3v) is 3.97. The van der Waals surface area contributed by atoms with Crippen molar-refractivity contribution in [2.45, 2.75) is 31.8 Å². The van der Waals surface area contributed by atoms with Gasteiger partial charge in [0.05, 0.1) is 0 Å². The third-order valence-electron chi connectivity index (χ3n) is 3.97. The van der Waals surface area contributed by atoms with Crippen molar-refractivity contribution in [1.29, 1.82) is 0 Å². The summed E-state index contributed by atoms with van der Waals surface area (Å²) in [4.78, 5) is 0. The second-order valence-corrected chi connectivity index (χ2v) is 5.49. The first kappa shape index (κ1) is 14.0. The monoisotopic (exact) mass is 281 g/mol. The summed E-state index contributed by atoms with van der Waals surface area (Å²) in [5.41, 5.74) is 3.12. The van der Waals surface area contributed by atoms with Gasteiger partial charge in [-0.1, -0.05) is 0 Å². The van der Waals surface area contributed by atoms with Crippen LogP contribution >= 0.6 is 0 Å². The summed E-state index contributed by atoms with van der Waals surface area (Å²) in [6, 6.07) is 6.08. The zero-order chi connectivity index (χ0) is 14.7. The molecule has 1 N–H and O–H groups in total. The minimum atomic E-state index is 0.322. The Balaban J connectivity index is 1.85. The first-order valence-corrected chi connectivity index (χ1v) is 7.45. The van der Waals surface area contributed by atoms with E-state index in [1.54, 1.807) is 7.11 Å². The first-order chi connectivity index (χ1) is 10.3. The van der Waals surface area contributed by atoms with Gasteiger partial charge >= 0.3 is 126 Å². The predicted molar refractivity (Wildman–Crippen MR) is 87.9 cm³/mol. The van der Waals surface area contributed by atoms with E-state index in [1.165, 1.54) is 12.8 Å². The van der Waals surface area contributed by atoms with Gasteiger partial charge in [-0.25, -0.2) is 0 Å². The molecule has 1 fully saturated rings. The second-order valence-electron chi connectivity index (χ2n) is 5.49. The minimum absolute atomic E-state index is 0.322.